The van der Waals surface area contributed by atoms with Crippen LogP contribution in [0.25, 0.3) is 16.2 Å². The molecular weight excluding hydrogens is 410 g/mol. The standard InChI is InChI=1S/C23H23N5O2S/c1-30-19-9-7-16(8-10-19)23-24-18(15-31-23)13-21(29)27-11-4-5-17(14-27)22-26-25-20-6-2-3-12-28(20)22/h2-3,6-10,12,15,17H,4-5,11,13-14H2,1H3/t17-/m0/s1. The molecule has 31 heavy (non-hydrogen) atoms. The van der Waals surface area contributed by atoms with Crippen LogP contribution in [0.4, 0.5) is 0 Å². The van der Waals surface area contributed by atoms with Crippen LogP contribution >= 0.6 is 11.3 Å². The fraction of sp³-hybridized carbons (Fsp3) is 0.304. The van der Waals surface area contributed by atoms with Gasteiger partial charge in [0.25, 0.3) is 0 Å². The summed E-state index contributed by atoms with van der Waals surface area (Å²) in [6, 6.07) is 13.7. The molecule has 0 unspecified atom stereocenters. The number of benzene rings is 1. The van der Waals surface area contributed by atoms with Crippen LogP contribution in [0.5, 0.6) is 5.75 Å². The van der Waals surface area contributed by atoms with Crippen molar-refractivity contribution in [2.45, 2.75) is 25.2 Å². The molecule has 0 radical (unpaired) electrons. The molecule has 1 aliphatic rings. The maximum atomic E-state index is 13.0. The van der Waals surface area contributed by atoms with E-state index in [0.29, 0.717) is 13.0 Å². The van der Waals surface area contributed by atoms with Crippen LogP contribution in [-0.4, -0.2) is 50.6 Å². The van der Waals surface area contributed by atoms with Crippen LogP contribution in [0.1, 0.15) is 30.3 Å². The number of methoxy groups -OCH3 is 1. The Kier molecular flexibility index (Phi) is 5.38. The molecule has 1 fully saturated rings. The molecule has 3 aromatic heterocycles. The molecule has 1 aliphatic heterocycles. The number of aromatic nitrogens is 4. The van der Waals surface area contributed by atoms with Gasteiger partial charge < -0.3 is 9.64 Å². The Labute approximate surface area is 184 Å². The van der Waals surface area contributed by atoms with Crippen molar-refractivity contribution in [1.82, 2.24) is 24.5 Å². The van der Waals surface area contributed by atoms with Gasteiger partial charge in [-0.15, -0.1) is 21.5 Å². The summed E-state index contributed by atoms with van der Waals surface area (Å²) in [7, 11) is 1.65. The molecule has 1 amide bonds. The van der Waals surface area contributed by atoms with Crippen molar-refractivity contribution >= 4 is 22.9 Å². The van der Waals surface area contributed by atoms with Gasteiger partial charge in [0.05, 0.1) is 19.2 Å². The Bertz CT molecular complexity index is 1200. The molecule has 0 N–H and O–H groups in total. The average molecular weight is 434 g/mol. The second kappa shape index (κ2) is 8.47. The van der Waals surface area contributed by atoms with Gasteiger partial charge in [-0.1, -0.05) is 6.07 Å². The van der Waals surface area contributed by atoms with Gasteiger partial charge in [0, 0.05) is 36.1 Å². The van der Waals surface area contributed by atoms with Crippen molar-refractivity contribution in [1.29, 1.82) is 0 Å². The fourth-order valence-corrected chi connectivity index (χ4v) is 4.90. The average Bonchev–Trinajstić information content (AvgIpc) is 3.46. The zero-order chi connectivity index (χ0) is 21.2. The summed E-state index contributed by atoms with van der Waals surface area (Å²) in [5.41, 5.74) is 2.69. The highest BCUT2D eigenvalue weighted by Crippen LogP contribution is 2.28. The summed E-state index contributed by atoms with van der Waals surface area (Å²) in [4.78, 5) is 19.6. The quantitative estimate of drug-likeness (QED) is 0.479. The second-order valence-electron chi connectivity index (χ2n) is 7.72. The summed E-state index contributed by atoms with van der Waals surface area (Å²) in [5, 5.41) is 11.6. The van der Waals surface area contributed by atoms with Crippen molar-refractivity contribution in [3.05, 3.63) is 65.6 Å². The van der Waals surface area contributed by atoms with E-state index in [2.05, 4.69) is 15.2 Å². The third-order valence-electron chi connectivity index (χ3n) is 5.70. The molecular formula is C23H23N5O2S. The van der Waals surface area contributed by atoms with E-state index < -0.39 is 0 Å². The minimum absolute atomic E-state index is 0.116. The molecule has 5 rings (SSSR count). The lowest BCUT2D eigenvalue weighted by molar-refractivity contribution is -0.131. The van der Waals surface area contributed by atoms with Crippen LogP contribution in [0.2, 0.25) is 0 Å². The predicted octanol–water partition coefficient (Wildman–Crippen LogP) is 3.81. The maximum Gasteiger partial charge on any atom is 0.228 e. The normalized spacial score (nSPS) is 16.5. The van der Waals surface area contributed by atoms with Crippen molar-refractivity contribution < 1.29 is 9.53 Å². The molecule has 4 heterocycles. The number of likely N-dealkylation sites (tertiary alicyclic amines) is 1. The number of carbonyl (C=O) groups is 1. The maximum absolute atomic E-state index is 13.0. The van der Waals surface area contributed by atoms with Gasteiger partial charge in [-0.3, -0.25) is 9.20 Å². The summed E-state index contributed by atoms with van der Waals surface area (Å²) < 4.78 is 7.24. The van der Waals surface area contributed by atoms with Gasteiger partial charge in [-0.05, 0) is 49.2 Å². The van der Waals surface area contributed by atoms with Crippen molar-refractivity contribution in [2.24, 2.45) is 0 Å². The summed E-state index contributed by atoms with van der Waals surface area (Å²) in [6.45, 7) is 1.45. The van der Waals surface area contributed by atoms with Crippen molar-refractivity contribution in [2.75, 3.05) is 20.2 Å². The van der Waals surface area contributed by atoms with Gasteiger partial charge in [-0.2, -0.15) is 0 Å². The Hall–Kier alpha value is -3.26. The number of fused-ring (bicyclic) bond motifs is 1. The fourth-order valence-electron chi connectivity index (χ4n) is 4.07. The molecule has 0 aliphatic carbocycles. The lowest BCUT2D eigenvalue weighted by atomic mass is 9.97. The Balaban J connectivity index is 1.26. The number of thiazole rings is 1. The molecule has 1 atom stereocenters. The minimum atomic E-state index is 0.116. The monoisotopic (exact) mass is 433 g/mol. The molecule has 158 valence electrons. The van der Waals surface area contributed by atoms with Gasteiger partial charge >= 0.3 is 0 Å². The zero-order valence-electron chi connectivity index (χ0n) is 17.3. The van der Waals surface area contributed by atoms with Crippen LogP contribution < -0.4 is 4.74 Å². The van der Waals surface area contributed by atoms with E-state index >= 15 is 0 Å². The molecule has 0 bridgehead atoms. The first-order valence-corrected chi connectivity index (χ1v) is 11.3. The van der Waals surface area contributed by atoms with Gasteiger partial charge in [-0.25, -0.2) is 4.98 Å². The van der Waals surface area contributed by atoms with E-state index in [1.807, 2.05) is 63.3 Å². The predicted molar refractivity (Wildman–Crippen MR) is 119 cm³/mol. The number of carbonyl (C=O) groups excluding carboxylic acids is 1. The summed E-state index contributed by atoms with van der Waals surface area (Å²) in [6.07, 6.45) is 4.28. The van der Waals surface area contributed by atoms with E-state index in [9.17, 15) is 4.79 Å². The smallest absolute Gasteiger partial charge is 0.228 e. The number of piperidine rings is 1. The zero-order valence-corrected chi connectivity index (χ0v) is 18.1. The van der Waals surface area contributed by atoms with E-state index in [1.165, 1.54) is 0 Å². The first-order valence-electron chi connectivity index (χ1n) is 10.4. The number of hydrogen-bond acceptors (Lipinski definition) is 6. The summed E-state index contributed by atoms with van der Waals surface area (Å²) >= 11 is 1.56. The highest BCUT2D eigenvalue weighted by atomic mass is 32.1. The minimum Gasteiger partial charge on any atom is -0.497 e. The molecule has 4 aromatic rings. The molecule has 0 saturated carbocycles. The highest BCUT2D eigenvalue weighted by Gasteiger charge is 2.28. The number of amides is 1. The Morgan fingerprint density at radius 3 is 2.90 bits per heavy atom. The molecule has 1 aromatic carbocycles. The Morgan fingerprint density at radius 2 is 2.06 bits per heavy atom. The molecule has 1 saturated heterocycles. The van der Waals surface area contributed by atoms with Crippen LogP contribution in [-0.2, 0) is 11.2 Å². The largest absolute Gasteiger partial charge is 0.497 e. The van der Waals surface area contributed by atoms with E-state index in [0.717, 1.165) is 52.9 Å². The number of pyridine rings is 1. The molecule has 8 heteroatoms. The molecule has 0 spiro atoms. The number of nitrogens with zero attached hydrogens (tertiary/aromatic N) is 5. The lowest BCUT2D eigenvalue weighted by Gasteiger charge is -2.32. The van der Waals surface area contributed by atoms with Gasteiger partial charge in [0.2, 0.25) is 5.91 Å². The number of rotatable bonds is 5. The van der Waals surface area contributed by atoms with Crippen LogP contribution in [0.15, 0.2) is 54.0 Å². The third-order valence-corrected chi connectivity index (χ3v) is 6.64. The van der Waals surface area contributed by atoms with Crippen molar-refractivity contribution in [3.8, 4) is 16.3 Å². The number of ether oxygens (including phenoxy) is 1. The molecule has 7 nitrogen and oxygen atoms in total. The summed E-state index contributed by atoms with van der Waals surface area (Å²) in [5.74, 6) is 2.06. The van der Waals surface area contributed by atoms with Crippen LogP contribution in [0.3, 0.4) is 0 Å². The van der Waals surface area contributed by atoms with E-state index in [1.54, 1.807) is 18.4 Å². The van der Waals surface area contributed by atoms with Crippen molar-refractivity contribution in [3.63, 3.8) is 0 Å². The highest BCUT2D eigenvalue weighted by molar-refractivity contribution is 7.13. The van der Waals surface area contributed by atoms with E-state index in [4.69, 9.17) is 4.74 Å². The lowest BCUT2D eigenvalue weighted by Crippen LogP contribution is -2.40. The van der Waals surface area contributed by atoms with Crippen LogP contribution in [0, 0.1) is 0 Å². The third kappa shape index (κ3) is 4.03. The van der Waals surface area contributed by atoms with E-state index in [-0.39, 0.29) is 11.8 Å². The first kappa shape index (κ1) is 19.7. The van der Waals surface area contributed by atoms with Gasteiger partial charge in [0.15, 0.2) is 5.65 Å². The van der Waals surface area contributed by atoms with Gasteiger partial charge in [0.1, 0.15) is 16.6 Å². The Morgan fingerprint density at radius 1 is 1.19 bits per heavy atom. The topological polar surface area (TPSA) is 72.6 Å². The second-order valence-corrected chi connectivity index (χ2v) is 8.57. The number of hydrogen-bond donors (Lipinski definition) is 0. The first-order chi connectivity index (χ1) is 15.2. The SMILES string of the molecule is COc1ccc(-c2nc(CC(=O)N3CCC[C@H](c4nnc5ccccn45)C3)cs2)cc1.